The van der Waals surface area contributed by atoms with Crippen molar-refractivity contribution in [1.29, 1.82) is 0 Å². The van der Waals surface area contributed by atoms with Crippen molar-refractivity contribution in [1.82, 2.24) is 14.8 Å². The van der Waals surface area contributed by atoms with Crippen LogP contribution in [0.4, 0.5) is 23.7 Å². The maximum atomic E-state index is 13.2. The molecule has 1 fully saturated rings. The van der Waals surface area contributed by atoms with Gasteiger partial charge in [-0.05, 0) is 44.2 Å². The lowest BCUT2D eigenvalue weighted by molar-refractivity contribution is -0.136. The molecule has 1 saturated heterocycles. The number of hydrogen-bond acceptors (Lipinski definition) is 3. The number of amides is 2. The third kappa shape index (κ3) is 5.69. The normalized spacial score (nSPS) is 17.4. The number of anilines is 1. The summed E-state index contributed by atoms with van der Waals surface area (Å²) in [5.41, 5.74) is -0.0430. The van der Waals surface area contributed by atoms with Crippen LogP contribution in [-0.4, -0.2) is 53.5 Å². The highest BCUT2D eigenvalue weighted by Crippen LogP contribution is 2.34. The predicted octanol–water partition coefficient (Wildman–Crippen LogP) is 4.27. The fourth-order valence-electron chi connectivity index (χ4n) is 3.55. The molecule has 156 valence electrons. The second-order valence-electron chi connectivity index (χ2n) is 7.27. The number of alkyl halides is 3. The Balaban J connectivity index is 1.58. The number of likely N-dealkylation sites (N-methyl/N-ethyl adjacent to an activating group) is 1. The summed E-state index contributed by atoms with van der Waals surface area (Å²) in [5, 5.41) is 2.44. The lowest BCUT2D eigenvalue weighted by atomic mass is 10.0. The molecule has 1 aromatic heterocycles. The van der Waals surface area contributed by atoms with Crippen molar-refractivity contribution >= 4 is 11.7 Å². The minimum atomic E-state index is -4.51. The highest BCUT2D eigenvalue weighted by molar-refractivity contribution is 5.90. The summed E-state index contributed by atoms with van der Waals surface area (Å²) >= 11 is 0. The first-order chi connectivity index (χ1) is 13.8. The molecule has 3 rings (SSSR count). The zero-order chi connectivity index (χ0) is 20.9. The number of urea groups is 1. The Morgan fingerprint density at radius 3 is 2.72 bits per heavy atom. The predicted molar refractivity (Wildman–Crippen MR) is 106 cm³/mol. The van der Waals surface area contributed by atoms with Crippen molar-refractivity contribution < 1.29 is 18.0 Å². The van der Waals surface area contributed by atoms with Gasteiger partial charge < -0.3 is 15.1 Å². The smallest absolute Gasteiger partial charge is 0.323 e. The molecule has 0 aliphatic carbocycles. The molecule has 1 unspecified atom stereocenters. The van der Waals surface area contributed by atoms with E-state index < -0.39 is 17.8 Å². The number of hydrogen-bond donors (Lipinski definition) is 1. The van der Waals surface area contributed by atoms with Gasteiger partial charge in [0.05, 0.1) is 11.3 Å². The Hall–Kier alpha value is -2.61. The first-order valence-corrected chi connectivity index (χ1v) is 9.67. The van der Waals surface area contributed by atoms with E-state index >= 15 is 0 Å². The fraction of sp³-hybridized carbons (Fsp3) is 0.429. The Morgan fingerprint density at radius 2 is 2.00 bits per heavy atom. The van der Waals surface area contributed by atoms with Gasteiger partial charge in [0.1, 0.15) is 0 Å². The van der Waals surface area contributed by atoms with E-state index in [0.717, 1.165) is 37.6 Å². The van der Waals surface area contributed by atoms with Gasteiger partial charge in [-0.3, -0.25) is 4.98 Å². The van der Waals surface area contributed by atoms with E-state index in [0.29, 0.717) is 13.1 Å². The first-order valence-electron chi connectivity index (χ1n) is 9.67. The van der Waals surface area contributed by atoms with E-state index in [4.69, 9.17) is 0 Å². The van der Waals surface area contributed by atoms with E-state index in [1.165, 1.54) is 18.2 Å². The topological polar surface area (TPSA) is 48.5 Å². The molecule has 1 N–H and O–H groups in total. The molecule has 1 aliphatic rings. The van der Waals surface area contributed by atoms with Crippen LogP contribution in [0.1, 0.15) is 24.1 Å². The first kappa shape index (κ1) is 21.1. The summed E-state index contributed by atoms with van der Waals surface area (Å²) in [4.78, 5) is 20.7. The zero-order valence-corrected chi connectivity index (χ0v) is 16.3. The standard InChI is InChI=1S/C21H25F3N4O/c1-27(14-11-16-7-4-5-12-25-16)17-8-6-13-28(15-17)20(29)26-19-10-3-2-9-18(19)21(22,23)24/h2-5,7,9-10,12,17H,6,8,11,13-15H2,1H3,(H,26,29). The second-order valence-corrected chi connectivity index (χ2v) is 7.27. The molecule has 1 aromatic carbocycles. The number of pyridine rings is 1. The number of halogens is 3. The minimum absolute atomic E-state index is 0.163. The van der Waals surface area contributed by atoms with Crippen molar-refractivity contribution in [2.45, 2.75) is 31.5 Å². The van der Waals surface area contributed by atoms with E-state index in [-0.39, 0.29) is 11.7 Å². The Labute approximate surface area is 168 Å². The van der Waals surface area contributed by atoms with Gasteiger partial charge in [0, 0.05) is 44.0 Å². The van der Waals surface area contributed by atoms with Gasteiger partial charge in [0.2, 0.25) is 0 Å². The largest absolute Gasteiger partial charge is 0.418 e. The number of nitrogens with one attached hydrogen (secondary N) is 1. The van der Waals surface area contributed by atoms with Crippen molar-refractivity contribution in [3.05, 3.63) is 59.9 Å². The molecule has 0 radical (unpaired) electrons. The quantitative estimate of drug-likeness (QED) is 0.807. The van der Waals surface area contributed by atoms with E-state index in [1.807, 2.05) is 25.2 Å². The van der Waals surface area contributed by atoms with Gasteiger partial charge in [-0.15, -0.1) is 0 Å². The summed E-state index contributed by atoms with van der Waals surface area (Å²) in [5.74, 6) is 0. The number of carbonyl (C=O) groups excluding carboxylic acids is 1. The molecule has 0 bridgehead atoms. The molecule has 2 heterocycles. The van der Waals surface area contributed by atoms with Crippen molar-refractivity contribution in [2.75, 3.05) is 32.0 Å². The van der Waals surface area contributed by atoms with Crippen molar-refractivity contribution in [3.8, 4) is 0 Å². The lowest BCUT2D eigenvalue weighted by Gasteiger charge is -2.37. The molecule has 8 heteroatoms. The second kappa shape index (κ2) is 9.26. The summed E-state index contributed by atoms with van der Waals surface area (Å²) in [6.45, 7) is 1.82. The average Bonchev–Trinajstić information content (AvgIpc) is 2.72. The molecule has 29 heavy (non-hydrogen) atoms. The third-order valence-corrected chi connectivity index (χ3v) is 5.23. The van der Waals surface area contributed by atoms with Crippen molar-refractivity contribution in [3.63, 3.8) is 0 Å². The van der Waals surface area contributed by atoms with E-state index in [1.54, 1.807) is 11.1 Å². The molecule has 0 saturated carbocycles. The zero-order valence-electron chi connectivity index (χ0n) is 16.3. The molecule has 1 atom stereocenters. The summed E-state index contributed by atoms with van der Waals surface area (Å²) in [6, 6.07) is 10.5. The van der Waals surface area contributed by atoms with Crippen LogP contribution in [0.25, 0.3) is 0 Å². The number of nitrogens with zero attached hydrogens (tertiary/aromatic N) is 3. The van der Waals surface area contributed by atoms with Crippen molar-refractivity contribution in [2.24, 2.45) is 0 Å². The number of aromatic nitrogens is 1. The van der Waals surface area contributed by atoms with Gasteiger partial charge in [-0.25, -0.2) is 4.79 Å². The monoisotopic (exact) mass is 406 g/mol. The number of rotatable bonds is 5. The van der Waals surface area contributed by atoms with Crippen LogP contribution in [0.2, 0.25) is 0 Å². The van der Waals surface area contributed by atoms with Gasteiger partial charge in [0.15, 0.2) is 0 Å². The number of piperidine rings is 1. The van der Waals surface area contributed by atoms with Crippen LogP contribution < -0.4 is 5.32 Å². The molecule has 2 amide bonds. The van der Waals surface area contributed by atoms with Gasteiger partial charge in [0.25, 0.3) is 0 Å². The highest BCUT2D eigenvalue weighted by Gasteiger charge is 2.34. The summed E-state index contributed by atoms with van der Waals surface area (Å²) in [6.07, 6.45) is -0.186. The van der Waals surface area contributed by atoms with Gasteiger partial charge in [-0.1, -0.05) is 18.2 Å². The Kier molecular flexibility index (Phi) is 6.74. The highest BCUT2D eigenvalue weighted by atomic mass is 19.4. The molecule has 2 aromatic rings. The number of benzene rings is 1. The summed E-state index contributed by atoms with van der Waals surface area (Å²) < 4.78 is 39.5. The van der Waals surface area contributed by atoms with E-state index in [9.17, 15) is 18.0 Å². The maximum absolute atomic E-state index is 13.2. The van der Waals surface area contributed by atoms with Gasteiger partial charge >= 0.3 is 12.2 Å². The van der Waals surface area contributed by atoms with Crippen LogP contribution >= 0.6 is 0 Å². The maximum Gasteiger partial charge on any atom is 0.418 e. The Bertz CT molecular complexity index is 813. The van der Waals surface area contributed by atoms with Crippen LogP contribution in [-0.2, 0) is 12.6 Å². The van der Waals surface area contributed by atoms with Crippen LogP contribution in [0, 0.1) is 0 Å². The SMILES string of the molecule is CN(CCc1ccccn1)C1CCCN(C(=O)Nc2ccccc2C(F)(F)F)C1. The van der Waals surface area contributed by atoms with Crippen LogP contribution in [0.3, 0.4) is 0 Å². The molecular formula is C21H25F3N4O. The van der Waals surface area contributed by atoms with Crippen LogP contribution in [0.5, 0.6) is 0 Å². The minimum Gasteiger partial charge on any atom is -0.323 e. The fourth-order valence-corrected chi connectivity index (χ4v) is 3.55. The van der Waals surface area contributed by atoms with E-state index in [2.05, 4.69) is 15.2 Å². The van der Waals surface area contributed by atoms with Crippen LogP contribution in [0.15, 0.2) is 48.7 Å². The molecule has 0 spiro atoms. The van der Waals surface area contributed by atoms with Gasteiger partial charge in [-0.2, -0.15) is 13.2 Å². The molecule has 5 nitrogen and oxygen atoms in total. The molecule has 1 aliphatic heterocycles. The Morgan fingerprint density at radius 1 is 1.24 bits per heavy atom. The number of para-hydroxylation sites is 1. The summed E-state index contributed by atoms with van der Waals surface area (Å²) in [7, 11) is 2.01. The third-order valence-electron chi connectivity index (χ3n) is 5.23. The number of likely N-dealkylation sites (tertiary alicyclic amines) is 1. The average molecular weight is 406 g/mol. The number of carbonyl (C=O) groups is 1. The molecular weight excluding hydrogens is 381 g/mol. The lowest BCUT2D eigenvalue weighted by Crippen LogP contribution is -2.50.